The summed E-state index contributed by atoms with van der Waals surface area (Å²) in [6, 6.07) is 0. The predicted molar refractivity (Wildman–Crippen MR) is 208 cm³/mol. The van der Waals surface area contributed by atoms with E-state index in [-0.39, 0.29) is 104 Å². The smallest absolute Gasteiger partial charge is 0.337 e. The van der Waals surface area contributed by atoms with Crippen LogP contribution < -0.4 is 0 Å². The van der Waals surface area contributed by atoms with Crippen LogP contribution in [0.15, 0.2) is 112 Å². The Hall–Kier alpha value is -7.68. The van der Waals surface area contributed by atoms with E-state index in [0.717, 1.165) is 6.08 Å². The van der Waals surface area contributed by atoms with Gasteiger partial charge in [0.05, 0.1) is 64.9 Å². The van der Waals surface area contributed by atoms with Crippen molar-refractivity contribution in [1.29, 1.82) is 0 Å². The van der Waals surface area contributed by atoms with E-state index in [1.165, 1.54) is 18.2 Å². The lowest BCUT2D eigenvalue weighted by Crippen LogP contribution is -2.26. The van der Waals surface area contributed by atoms with Crippen molar-refractivity contribution in [2.45, 2.75) is 76.7 Å². The zero-order valence-electron chi connectivity index (χ0n) is 31.7. The van der Waals surface area contributed by atoms with Gasteiger partial charge in [-0.1, -0.05) is 0 Å². The summed E-state index contributed by atoms with van der Waals surface area (Å²) in [5.74, 6) is -11.2. The number of hydrogen-bond acceptors (Lipinski definition) is 13. The van der Waals surface area contributed by atoms with Crippen LogP contribution in [0.4, 0.5) is 0 Å². The molecule has 5 heterocycles. The van der Waals surface area contributed by atoms with Crippen molar-refractivity contribution in [3.05, 3.63) is 91.7 Å². The lowest BCUT2D eigenvalue weighted by Gasteiger charge is -2.13. The van der Waals surface area contributed by atoms with Gasteiger partial charge in [-0.25, -0.2) is 24.8 Å². The Bertz CT molecular complexity index is 2460. The molecule has 61 heavy (non-hydrogen) atoms. The molecule has 0 fully saturated rings. The number of allylic oxidation sites excluding steroid dienone is 8. The molecule has 0 unspecified atom stereocenters. The molecular formula is C40H36N4O17. The molecule has 318 valence electrons. The highest BCUT2D eigenvalue weighted by Crippen LogP contribution is 2.41. The number of aliphatic hydroxyl groups is 1. The summed E-state index contributed by atoms with van der Waals surface area (Å²) >= 11 is 0. The van der Waals surface area contributed by atoms with Crippen molar-refractivity contribution >= 4 is 70.6 Å². The van der Waals surface area contributed by atoms with E-state index >= 15 is 0 Å². The van der Waals surface area contributed by atoms with Gasteiger partial charge in [0.2, 0.25) is 0 Å². The number of fused-ring (bicyclic) bond motifs is 4. The van der Waals surface area contributed by atoms with Crippen LogP contribution in [0, 0.1) is 0 Å². The molecule has 5 aliphatic heterocycles. The minimum absolute atomic E-state index is 0.0174. The number of carboxylic acid groups (broad SMARTS) is 8. The lowest BCUT2D eigenvalue weighted by molar-refractivity contribution is -0.144. The molecule has 0 aliphatic carbocycles. The van der Waals surface area contributed by atoms with Crippen LogP contribution in [0.5, 0.6) is 0 Å². The van der Waals surface area contributed by atoms with E-state index in [1.54, 1.807) is 0 Å². The standard InChI is InChI=1S/C40H36N4O17/c45-31(46)5-1-16-20(9-35(53)54)27-12-24-17(2-6-32(47)48)21(10-36(55)56)29(42-24)14-26-19(4-8-34(51)52)38(39(59)40(60)61)30(44-26)15-25-18(3-7-33(49)50)22(11-37(57)58)28(43-25)13-23(16)41-27/h12-15,39,59H,1-11H2,(H,45,46)(H,47,48)(H,49,50)(H,51,52)(H,53,54)(H,55,56)(H,57,58)(H,60,61)/t39-/m0/s1. The first kappa shape index (κ1) is 44.4. The Balaban J connectivity index is 1.97. The molecule has 0 radical (unpaired) electrons. The minimum atomic E-state index is -2.37. The molecule has 21 heteroatoms. The number of aliphatic imine (C=N–C) groups is 4. The fraction of sp³-hybridized carbons (Fsp3) is 0.300. The van der Waals surface area contributed by atoms with Gasteiger partial charge in [0.15, 0.2) is 6.10 Å². The Morgan fingerprint density at radius 1 is 0.377 bits per heavy atom. The highest BCUT2D eigenvalue weighted by molar-refractivity contribution is 6.22. The van der Waals surface area contributed by atoms with E-state index in [2.05, 4.69) is 20.0 Å². The monoisotopic (exact) mass is 844 g/mol. The average molecular weight is 845 g/mol. The third-order valence-electron chi connectivity index (χ3n) is 9.76. The van der Waals surface area contributed by atoms with Crippen molar-refractivity contribution in [3.63, 3.8) is 0 Å². The van der Waals surface area contributed by atoms with Gasteiger partial charge in [0.1, 0.15) is 0 Å². The molecule has 1 atom stereocenters. The number of nitrogens with zero attached hydrogens (tertiary/aromatic N) is 4. The van der Waals surface area contributed by atoms with Crippen LogP contribution in [0.1, 0.15) is 70.6 Å². The molecular weight excluding hydrogens is 808 g/mol. The third kappa shape index (κ3) is 10.5. The maximum absolute atomic E-state index is 12.4. The quantitative estimate of drug-likeness (QED) is 0.0850. The molecule has 5 rings (SSSR count). The highest BCUT2D eigenvalue weighted by atomic mass is 16.4. The van der Waals surface area contributed by atoms with Crippen molar-refractivity contribution in [2.75, 3.05) is 0 Å². The maximum Gasteiger partial charge on any atom is 0.337 e. The first-order chi connectivity index (χ1) is 28.7. The Morgan fingerprint density at radius 2 is 0.639 bits per heavy atom. The van der Waals surface area contributed by atoms with E-state index in [1.807, 2.05) is 0 Å². The van der Waals surface area contributed by atoms with Gasteiger partial charge in [-0.2, -0.15) is 0 Å². The molecule has 0 aromatic heterocycles. The van der Waals surface area contributed by atoms with Gasteiger partial charge in [0, 0.05) is 31.3 Å². The van der Waals surface area contributed by atoms with Crippen LogP contribution in [0.2, 0.25) is 0 Å². The van der Waals surface area contributed by atoms with Gasteiger partial charge in [-0.05, 0) is 89.0 Å². The van der Waals surface area contributed by atoms with Crippen LogP contribution in [0.25, 0.3) is 0 Å². The Kier molecular flexibility index (Phi) is 13.5. The fourth-order valence-corrected chi connectivity index (χ4v) is 7.24. The fourth-order valence-electron chi connectivity index (χ4n) is 7.24. The van der Waals surface area contributed by atoms with Crippen molar-refractivity contribution in [3.8, 4) is 0 Å². The summed E-state index contributed by atoms with van der Waals surface area (Å²) in [5.41, 5.74) is -1.82. The summed E-state index contributed by atoms with van der Waals surface area (Å²) in [5, 5.41) is 89.6. The molecule has 0 spiro atoms. The van der Waals surface area contributed by atoms with E-state index in [4.69, 9.17) is 0 Å². The predicted octanol–water partition coefficient (Wildman–Crippen LogP) is 2.87. The number of rotatable bonds is 20. The van der Waals surface area contributed by atoms with Crippen molar-refractivity contribution < 1.29 is 84.3 Å². The van der Waals surface area contributed by atoms with Crippen LogP contribution in [-0.4, -0.2) is 123 Å². The molecule has 0 saturated heterocycles. The van der Waals surface area contributed by atoms with Crippen molar-refractivity contribution in [1.82, 2.24) is 0 Å². The molecule has 21 nitrogen and oxygen atoms in total. The van der Waals surface area contributed by atoms with E-state index < -0.39 is 111 Å². The number of hydrogen-bond donors (Lipinski definition) is 9. The van der Waals surface area contributed by atoms with Gasteiger partial charge >= 0.3 is 47.8 Å². The zero-order valence-corrected chi connectivity index (χ0v) is 31.7. The van der Waals surface area contributed by atoms with Crippen LogP contribution in [-0.2, 0) is 38.4 Å². The molecule has 0 amide bonds. The van der Waals surface area contributed by atoms with Gasteiger partial charge in [-0.15, -0.1) is 0 Å². The summed E-state index contributed by atoms with van der Waals surface area (Å²) in [6.07, 6.45) is -3.60. The van der Waals surface area contributed by atoms with Gasteiger partial charge in [-0.3, -0.25) is 33.6 Å². The Labute approximate surface area is 342 Å². The van der Waals surface area contributed by atoms with E-state index in [0.29, 0.717) is 0 Å². The molecule has 0 saturated carbocycles. The second-order valence-corrected chi connectivity index (χ2v) is 13.9. The molecule has 0 aromatic carbocycles. The summed E-state index contributed by atoms with van der Waals surface area (Å²) in [7, 11) is 0. The number of carbonyl (C=O) groups is 8. The van der Waals surface area contributed by atoms with Crippen molar-refractivity contribution in [2.24, 2.45) is 20.0 Å². The highest BCUT2D eigenvalue weighted by Gasteiger charge is 2.36. The second kappa shape index (κ2) is 18.5. The van der Waals surface area contributed by atoms with Crippen LogP contribution >= 0.6 is 0 Å². The first-order valence-electron chi connectivity index (χ1n) is 18.3. The summed E-state index contributed by atoms with van der Waals surface area (Å²) in [4.78, 5) is 115. The van der Waals surface area contributed by atoms with Crippen LogP contribution in [0.3, 0.4) is 0 Å². The normalized spacial score (nSPS) is 17.5. The number of aliphatic carboxylic acids is 8. The zero-order chi connectivity index (χ0) is 44.9. The molecule has 8 bridgehead atoms. The minimum Gasteiger partial charge on any atom is -0.481 e. The SMILES string of the molecule is O=C(O)CCC1=C(CC(=O)O)C2=NC1=CC1=NC(=CC3=NC(=CC4=NC(=C2)C(CCC(=O)O)=C4CC(=O)O)C(CCC(=O)O)=C3[C@H](O)C(=O)O)C(CCC(=O)O)=C1CC(=O)O. The largest absolute Gasteiger partial charge is 0.481 e. The topological polar surface area (TPSA) is 368 Å². The number of aliphatic hydroxyl groups excluding tert-OH is 1. The van der Waals surface area contributed by atoms with E-state index in [9.17, 15) is 84.3 Å². The van der Waals surface area contributed by atoms with Gasteiger partial charge in [0.25, 0.3) is 0 Å². The number of carboxylic acids is 8. The summed E-state index contributed by atoms with van der Waals surface area (Å²) in [6.45, 7) is 0. The second-order valence-electron chi connectivity index (χ2n) is 13.9. The average Bonchev–Trinajstić information content (AvgIpc) is 3.84. The molecule has 0 aromatic rings. The van der Waals surface area contributed by atoms with Gasteiger partial charge < -0.3 is 46.0 Å². The lowest BCUT2D eigenvalue weighted by atomic mass is 9.91. The molecule has 5 aliphatic rings. The third-order valence-corrected chi connectivity index (χ3v) is 9.76. The first-order valence-corrected chi connectivity index (χ1v) is 18.3. The maximum atomic E-state index is 12.4. The summed E-state index contributed by atoms with van der Waals surface area (Å²) < 4.78 is 0. The Morgan fingerprint density at radius 3 is 0.918 bits per heavy atom. The molecule has 9 N–H and O–H groups in total.